The molecular formula is C68H42S2. The molecule has 2 aliphatic rings. The first-order chi connectivity index (χ1) is 34.7. The van der Waals surface area contributed by atoms with Crippen LogP contribution >= 0.6 is 22.7 Å². The van der Waals surface area contributed by atoms with E-state index in [-0.39, 0.29) is 0 Å². The van der Waals surface area contributed by atoms with Gasteiger partial charge in [0.15, 0.2) is 0 Å². The fourth-order valence-electron chi connectivity index (χ4n) is 12.8. The van der Waals surface area contributed by atoms with Crippen LogP contribution in [0.3, 0.4) is 0 Å². The summed E-state index contributed by atoms with van der Waals surface area (Å²) in [4.78, 5) is 2.56. The molecule has 0 aliphatic heterocycles. The Labute approximate surface area is 415 Å². The molecule has 0 nitrogen and oxygen atoms in total. The van der Waals surface area contributed by atoms with Gasteiger partial charge in [0.05, 0.1) is 10.8 Å². The van der Waals surface area contributed by atoms with Crippen LogP contribution in [0.25, 0.3) is 84.9 Å². The summed E-state index contributed by atoms with van der Waals surface area (Å²) in [6.45, 7) is 0. The zero-order chi connectivity index (χ0) is 46.0. The highest BCUT2D eigenvalue weighted by Crippen LogP contribution is 2.62. The summed E-state index contributed by atoms with van der Waals surface area (Å²) in [5, 5.41) is 7.64. The van der Waals surface area contributed by atoms with Crippen LogP contribution in [0, 0.1) is 0 Å². The van der Waals surface area contributed by atoms with Crippen LogP contribution in [-0.4, -0.2) is 0 Å². The third-order valence-corrected chi connectivity index (χ3v) is 17.9. The molecule has 0 bridgehead atoms. The number of thiophene rings is 2. The zero-order valence-corrected chi connectivity index (χ0v) is 39.7. The molecule has 2 heteroatoms. The first-order valence-corrected chi connectivity index (χ1v) is 25.9. The summed E-state index contributed by atoms with van der Waals surface area (Å²) in [6.07, 6.45) is 0. The molecule has 13 aromatic rings. The fraction of sp³-hybridized carbons (Fsp3) is 0.0294. The van der Waals surface area contributed by atoms with Crippen molar-refractivity contribution in [3.8, 4) is 43.1 Å². The second-order valence-electron chi connectivity index (χ2n) is 19.0. The van der Waals surface area contributed by atoms with Gasteiger partial charge in [0, 0.05) is 30.3 Å². The van der Waals surface area contributed by atoms with Crippen LogP contribution in [0.5, 0.6) is 0 Å². The van der Waals surface area contributed by atoms with Gasteiger partial charge in [-0.2, -0.15) is 0 Å². The molecule has 70 heavy (non-hydrogen) atoms. The number of benzene rings is 11. The van der Waals surface area contributed by atoms with Crippen molar-refractivity contribution in [3.05, 3.63) is 299 Å². The van der Waals surface area contributed by atoms with E-state index < -0.39 is 10.8 Å². The van der Waals surface area contributed by atoms with Crippen molar-refractivity contribution >= 4 is 64.4 Å². The van der Waals surface area contributed by atoms with Gasteiger partial charge in [-0.1, -0.05) is 206 Å². The minimum Gasteiger partial charge on any atom is -0.135 e. The standard InChI is InChI=1S/C68H42S2/c1-5-23-45(24-6-1)67(46-25-7-2-8-26-46)57-33-17-15-31-49(57)51-39-53-55(41-59(51)67)65(63-37-43-21-13-19-35-61(43)69-63)54-40-52-50-32-16-18-34-58(50)68(47-27-9-3-10-28-47,48-29-11-4-12-30-48)60(52)42-56(54)66(53)64-38-44-22-14-20-36-62(44)70-64/h1-42H. The van der Waals surface area contributed by atoms with Crippen molar-refractivity contribution in [1.82, 2.24) is 0 Å². The van der Waals surface area contributed by atoms with Crippen LogP contribution < -0.4 is 0 Å². The Kier molecular flexibility index (Phi) is 8.63. The topological polar surface area (TPSA) is 0 Å². The van der Waals surface area contributed by atoms with E-state index in [1.54, 1.807) is 0 Å². The quantitative estimate of drug-likeness (QED) is 0.146. The summed E-state index contributed by atoms with van der Waals surface area (Å²) >= 11 is 3.83. The van der Waals surface area contributed by atoms with E-state index in [2.05, 4.69) is 255 Å². The van der Waals surface area contributed by atoms with Crippen LogP contribution in [0.4, 0.5) is 0 Å². The van der Waals surface area contributed by atoms with Crippen LogP contribution in [0.2, 0.25) is 0 Å². The van der Waals surface area contributed by atoms with Gasteiger partial charge >= 0.3 is 0 Å². The van der Waals surface area contributed by atoms with Crippen molar-refractivity contribution in [3.63, 3.8) is 0 Å². The Morgan fingerprint density at radius 1 is 0.243 bits per heavy atom. The molecule has 0 spiro atoms. The van der Waals surface area contributed by atoms with E-state index in [1.807, 2.05) is 22.7 Å². The Hall–Kier alpha value is -8.14. The first-order valence-electron chi connectivity index (χ1n) is 24.2. The SMILES string of the molecule is c1ccc(C2(c3ccccc3)c3ccccc3-c3cc4c(-c5cc6ccccc6s5)c5cc6c(cc5c(-c5cc7ccccc7s5)c4cc32)-c2ccccc2C6(c2ccccc2)c2ccccc2)cc1. The summed E-state index contributed by atoms with van der Waals surface area (Å²) in [7, 11) is 0. The third-order valence-electron chi connectivity index (χ3n) is 15.6. The average Bonchev–Trinajstić information content (AvgIpc) is 4.20. The fourth-order valence-corrected chi connectivity index (χ4v) is 15.1. The summed E-state index contributed by atoms with van der Waals surface area (Å²) < 4.78 is 2.59. The van der Waals surface area contributed by atoms with Gasteiger partial charge in [-0.05, 0) is 148 Å². The highest BCUT2D eigenvalue weighted by Gasteiger charge is 2.48. The van der Waals surface area contributed by atoms with Gasteiger partial charge in [-0.25, -0.2) is 0 Å². The molecule has 0 atom stereocenters. The lowest BCUT2D eigenvalue weighted by Gasteiger charge is -2.34. The van der Waals surface area contributed by atoms with Crippen LogP contribution in [0.1, 0.15) is 44.5 Å². The Balaban J connectivity index is 1.18. The Morgan fingerprint density at radius 2 is 0.557 bits per heavy atom. The minimum absolute atomic E-state index is 0.547. The summed E-state index contributed by atoms with van der Waals surface area (Å²) in [5.41, 5.74) is 17.0. The highest BCUT2D eigenvalue weighted by molar-refractivity contribution is 7.23. The lowest BCUT2D eigenvalue weighted by molar-refractivity contribution is 0.769. The summed E-state index contributed by atoms with van der Waals surface area (Å²) in [6, 6.07) is 96.5. The molecule has 0 saturated carbocycles. The largest absolute Gasteiger partial charge is 0.135 e. The molecular weight excluding hydrogens is 881 g/mol. The predicted octanol–water partition coefficient (Wildman–Crippen LogP) is 18.5. The number of rotatable bonds is 6. The predicted molar refractivity (Wildman–Crippen MR) is 298 cm³/mol. The van der Waals surface area contributed by atoms with Gasteiger partial charge in [0.25, 0.3) is 0 Å². The molecule has 0 unspecified atom stereocenters. The summed E-state index contributed by atoms with van der Waals surface area (Å²) in [5.74, 6) is 0. The van der Waals surface area contributed by atoms with Gasteiger partial charge in [-0.3, -0.25) is 0 Å². The molecule has 0 fully saturated rings. The molecule has 11 aromatic carbocycles. The van der Waals surface area contributed by atoms with Gasteiger partial charge in [0.2, 0.25) is 0 Å². The van der Waals surface area contributed by atoms with Crippen molar-refractivity contribution in [2.45, 2.75) is 10.8 Å². The number of hydrogen-bond donors (Lipinski definition) is 0. The van der Waals surface area contributed by atoms with Crippen molar-refractivity contribution in [2.75, 3.05) is 0 Å². The number of hydrogen-bond acceptors (Lipinski definition) is 2. The van der Waals surface area contributed by atoms with E-state index in [0.717, 1.165) is 0 Å². The lowest BCUT2D eigenvalue weighted by atomic mass is 9.67. The van der Waals surface area contributed by atoms with Gasteiger partial charge in [0.1, 0.15) is 0 Å². The van der Waals surface area contributed by atoms with Gasteiger partial charge in [-0.15, -0.1) is 22.7 Å². The number of fused-ring (bicyclic) bond motifs is 10. The van der Waals surface area contributed by atoms with E-state index in [1.165, 1.54) is 129 Å². The molecule has 2 heterocycles. The van der Waals surface area contributed by atoms with Gasteiger partial charge < -0.3 is 0 Å². The lowest BCUT2D eigenvalue weighted by Crippen LogP contribution is -2.28. The third kappa shape index (κ3) is 5.41. The van der Waals surface area contributed by atoms with Crippen molar-refractivity contribution < 1.29 is 0 Å². The Bertz CT molecular complexity index is 3800. The molecule has 0 N–H and O–H groups in total. The zero-order valence-electron chi connectivity index (χ0n) is 38.1. The molecule has 0 radical (unpaired) electrons. The second-order valence-corrected chi connectivity index (χ2v) is 21.2. The molecule has 2 aliphatic carbocycles. The van der Waals surface area contributed by atoms with E-state index >= 15 is 0 Å². The minimum atomic E-state index is -0.547. The monoisotopic (exact) mass is 922 g/mol. The van der Waals surface area contributed by atoms with Crippen LogP contribution in [0.15, 0.2) is 255 Å². The average molecular weight is 923 g/mol. The molecule has 326 valence electrons. The maximum absolute atomic E-state index is 2.63. The molecule has 0 saturated heterocycles. The maximum Gasteiger partial charge on any atom is 0.0713 e. The van der Waals surface area contributed by atoms with Crippen LogP contribution in [-0.2, 0) is 10.8 Å². The first kappa shape index (κ1) is 39.8. The normalized spacial score (nSPS) is 13.9. The molecule has 15 rings (SSSR count). The highest BCUT2D eigenvalue weighted by atomic mass is 32.1. The second kappa shape index (κ2) is 15.2. The smallest absolute Gasteiger partial charge is 0.0713 e. The molecule has 0 amide bonds. The van der Waals surface area contributed by atoms with E-state index in [4.69, 9.17) is 0 Å². The van der Waals surface area contributed by atoms with E-state index in [0.29, 0.717) is 0 Å². The Morgan fingerprint density at radius 3 is 0.929 bits per heavy atom. The molecule has 2 aromatic heterocycles. The van der Waals surface area contributed by atoms with Crippen molar-refractivity contribution in [1.29, 1.82) is 0 Å². The maximum atomic E-state index is 2.63. The van der Waals surface area contributed by atoms with Crippen molar-refractivity contribution in [2.24, 2.45) is 0 Å². The van der Waals surface area contributed by atoms with E-state index in [9.17, 15) is 0 Å².